The lowest BCUT2D eigenvalue weighted by Crippen LogP contribution is -2.13. The van der Waals surface area contributed by atoms with E-state index in [0.717, 1.165) is 17.4 Å². The lowest BCUT2D eigenvalue weighted by atomic mass is 10.2. The summed E-state index contributed by atoms with van der Waals surface area (Å²) in [5.74, 6) is 0.481. The average molecular weight is 369 g/mol. The largest absolute Gasteiger partial charge is 0.370 e. The highest BCUT2D eigenvalue weighted by Gasteiger charge is 2.09. The summed E-state index contributed by atoms with van der Waals surface area (Å²) in [5, 5.41) is 6.54. The van der Waals surface area contributed by atoms with Crippen molar-refractivity contribution in [3.8, 4) is 0 Å². The van der Waals surface area contributed by atoms with Crippen molar-refractivity contribution in [2.75, 3.05) is 17.2 Å². The average Bonchev–Trinajstić information content (AvgIpc) is 2.49. The Morgan fingerprint density at radius 2 is 2.14 bits per heavy atom. The van der Waals surface area contributed by atoms with Gasteiger partial charge in [0.2, 0.25) is 0 Å². The van der Waals surface area contributed by atoms with Crippen LogP contribution in [0.3, 0.4) is 0 Å². The van der Waals surface area contributed by atoms with Crippen molar-refractivity contribution >= 4 is 44.9 Å². The van der Waals surface area contributed by atoms with Crippen LogP contribution < -0.4 is 10.6 Å². The van der Waals surface area contributed by atoms with Gasteiger partial charge in [0.15, 0.2) is 0 Å². The monoisotopic (exact) mass is 367 g/mol. The molecule has 2 rings (SSSR count). The van der Waals surface area contributed by atoms with Gasteiger partial charge in [-0.1, -0.05) is 18.5 Å². The Kier molecular flexibility index (Phi) is 5.59. The molecule has 1 aromatic carbocycles. The molecule has 110 valence electrons. The number of nitrogens with zero attached hydrogens (tertiary/aromatic N) is 1. The fourth-order valence-corrected chi connectivity index (χ4v) is 2.23. The van der Waals surface area contributed by atoms with Crippen LogP contribution in [0.25, 0.3) is 0 Å². The predicted octanol–water partition coefficient (Wildman–Crippen LogP) is 4.57. The zero-order chi connectivity index (χ0) is 15.2. The molecule has 0 saturated carbocycles. The molecule has 4 nitrogen and oxygen atoms in total. The van der Waals surface area contributed by atoms with E-state index in [1.54, 1.807) is 36.5 Å². The Morgan fingerprint density at radius 3 is 2.90 bits per heavy atom. The van der Waals surface area contributed by atoms with Gasteiger partial charge < -0.3 is 10.6 Å². The topological polar surface area (TPSA) is 54.0 Å². The molecule has 0 aliphatic carbocycles. The maximum atomic E-state index is 12.3. The Labute approximate surface area is 137 Å². The maximum Gasteiger partial charge on any atom is 0.255 e. The summed E-state index contributed by atoms with van der Waals surface area (Å²) in [4.78, 5) is 16.4. The molecule has 0 atom stereocenters. The maximum absolute atomic E-state index is 12.3. The first-order valence-electron chi connectivity index (χ1n) is 6.56. The number of hydrogen-bond donors (Lipinski definition) is 2. The van der Waals surface area contributed by atoms with Gasteiger partial charge in [0.1, 0.15) is 5.82 Å². The highest BCUT2D eigenvalue weighted by atomic mass is 79.9. The molecular formula is C15H15BrClN3O. The Bertz CT molecular complexity index is 649. The molecule has 1 heterocycles. The predicted molar refractivity (Wildman–Crippen MR) is 90.1 cm³/mol. The third-order valence-electron chi connectivity index (χ3n) is 2.75. The van der Waals surface area contributed by atoms with Crippen molar-refractivity contribution in [1.82, 2.24) is 4.98 Å². The number of amides is 1. The fraction of sp³-hybridized carbons (Fsp3) is 0.200. The smallest absolute Gasteiger partial charge is 0.255 e. The lowest BCUT2D eigenvalue weighted by molar-refractivity contribution is 0.102. The second kappa shape index (κ2) is 7.43. The van der Waals surface area contributed by atoms with E-state index in [0.29, 0.717) is 22.1 Å². The molecule has 6 heteroatoms. The van der Waals surface area contributed by atoms with E-state index in [-0.39, 0.29) is 5.91 Å². The van der Waals surface area contributed by atoms with Crippen LogP contribution in [0.1, 0.15) is 23.7 Å². The van der Waals surface area contributed by atoms with E-state index in [1.165, 1.54) is 0 Å². The van der Waals surface area contributed by atoms with Crippen LogP contribution in [0, 0.1) is 0 Å². The molecule has 2 aromatic rings. The van der Waals surface area contributed by atoms with Crippen LogP contribution in [-0.2, 0) is 0 Å². The molecule has 0 aliphatic rings. The molecule has 0 radical (unpaired) electrons. The number of nitrogens with one attached hydrogen (secondary N) is 2. The van der Waals surface area contributed by atoms with Crippen molar-refractivity contribution in [2.24, 2.45) is 0 Å². The van der Waals surface area contributed by atoms with E-state index in [1.807, 2.05) is 0 Å². The third-order valence-corrected chi connectivity index (χ3v) is 3.68. The number of hydrogen-bond acceptors (Lipinski definition) is 3. The Morgan fingerprint density at radius 1 is 1.33 bits per heavy atom. The van der Waals surface area contributed by atoms with E-state index in [2.05, 4.69) is 38.5 Å². The van der Waals surface area contributed by atoms with Crippen molar-refractivity contribution < 1.29 is 4.79 Å². The molecule has 1 aromatic heterocycles. The summed E-state index contributed by atoms with van der Waals surface area (Å²) >= 11 is 9.32. The summed E-state index contributed by atoms with van der Waals surface area (Å²) in [6.07, 6.45) is 2.60. The van der Waals surface area contributed by atoms with Crippen LogP contribution in [-0.4, -0.2) is 17.4 Å². The molecule has 2 N–H and O–H groups in total. The van der Waals surface area contributed by atoms with Gasteiger partial charge in [-0.3, -0.25) is 4.79 Å². The zero-order valence-corrected chi connectivity index (χ0v) is 13.8. The van der Waals surface area contributed by atoms with Crippen molar-refractivity contribution in [1.29, 1.82) is 0 Å². The van der Waals surface area contributed by atoms with Crippen LogP contribution in [0.15, 0.2) is 41.0 Å². The molecule has 21 heavy (non-hydrogen) atoms. The van der Waals surface area contributed by atoms with Gasteiger partial charge in [-0.25, -0.2) is 4.98 Å². The van der Waals surface area contributed by atoms with Crippen LogP contribution >= 0.6 is 27.5 Å². The first-order valence-corrected chi connectivity index (χ1v) is 7.73. The summed E-state index contributed by atoms with van der Waals surface area (Å²) in [7, 11) is 0. The van der Waals surface area contributed by atoms with Crippen LogP contribution in [0.2, 0.25) is 5.02 Å². The summed E-state index contributed by atoms with van der Waals surface area (Å²) in [6, 6.07) is 8.63. The zero-order valence-electron chi connectivity index (χ0n) is 11.5. The van der Waals surface area contributed by atoms with Crippen LogP contribution in [0.5, 0.6) is 0 Å². The first-order chi connectivity index (χ1) is 10.1. The molecule has 0 unspecified atom stereocenters. The minimum atomic E-state index is -0.208. The second-order valence-corrected chi connectivity index (χ2v) is 5.73. The standard InChI is InChI=1S/C15H15BrClN3O/c1-2-6-18-14-8-10(5-7-19-14)15(21)20-13-9-11(17)3-4-12(13)16/h3-5,7-9H,2,6H2,1H3,(H,18,19)(H,20,21). The Balaban J connectivity index is 2.14. The van der Waals surface area contributed by atoms with Crippen LogP contribution in [0.4, 0.5) is 11.5 Å². The van der Waals surface area contributed by atoms with Gasteiger partial charge in [0, 0.05) is 27.8 Å². The molecule has 1 amide bonds. The Hall–Kier alpha value is -1.59. The van der Waals surface area contributed by atoms with E-state index < -0.39 is 0 Å². The molecular weight excluding hydrogens is 354 g/mol. The molecule has 0 bridgehead atoms. The van der Waals surface area contributed by atoms with Gasteiger partial charge in [-0.15, -0.1) is 0 Å². The van der Waals surface area contributed by atoms with Crippen molar-refractivity contribution in [3.05, 3.63) is 51.6 Å². The highest BCUT2D eigenvalue weighted by Crippen LogP contribution is 2.26. The molecule has 0 spiro atoms. The number of carbonyl (C=O) groups excluding carboxylic acids is 1. The molecule has 0 fully saturated rings. The van der Waals surface area contributed by atoms with Gasteiger partial charge in [-0.2, -0.15) is 0 Å². The number of pyridine rings is 1. The molecule has 0 aliphatic heterocycles. The first kappa shape index (κ1) is 15.8. The summed E-state index contributed by atoms with van der Waals surface area (Å²) in [6.45, 7) is 2.89. The van der Waals surface area contributed by atoms with E-state index in [9.17, 15) is 4.79 Å². The molecule has 0 saturated heterocycles. The lowest BCUT2D eigenvalue weighted by Gasteiger charge is -2.09. The van der Waals surface area contributed by atoms with Gasteiger partial charge in [0.05, 0.1) is 5.69 Å². The van der Waals surface area contributed by atoms with E-state index in [4.69, 9.17) is 11.6 Å². The third kappa shape index (κ3) is 4.44. The number of rotatable bonds is 5. The number of aromatic nitrogens is 1. The second-order valence-electron chi connectivity index (χ2n) is 4.43. The summed E-state index contributed by atoms with van der Waals surface area (Å²) in [5.41, 5.74) is 1.17. The van der Waals surface area contributed by atoms with E-state index >= 15 is 0 Å². The van der Waals surface area contributed by atoms with Gasteiger partial charge >= 0.3 is 0 Å². The highest BCUT2D eigenvalue weighted by molar-refractivity contribution is 9.10. The number of benzene rings is 1. The minimum absolute atomic E-state index is 0.208. The minimum Gasteiger partial charge on any atom is -0.370 e. The van der Waals surface area contributed by atoms with Gasteiger partial charge in [0.25, 0.3) is 5.91 Å². The fourth-order valence-electron chi connectivity index (χ4n) is 1.71. The van der Waals surface area contributed by atoms with Gasteiger partial charge in [-0.05, 0) is 52.7 Å². The number of carbonyl (C=O) groups is 1. The quantitative estimate of drug-likeness (QED) is 0.812. The summed E-state index contributed by atoms with van der Waals surface area (Å²) < 4.78 is 0.777. The normalized spacial score (nSPS) is 10.2. The SMILES string of the molecule is CCCNc1cc(C(=O)Nc2cc(Cl)ccc2Br)ccn1. The number of halogens is 2. The number of anilines is 2. The van der Waals surface area contributed by atoms with Crippen molar-refractivity contribution in [3.63, 3.8) is 0 Å². The van der Waals surface area contributed by atoms with Crippen molar-refractivity contribution in [2.45, 2.75) is 13.3 Å².